The van der Waals surface area contributed by atoms with Crippen LogP contribution in [0.2, 0.25) is 0 Å². The fourth-order valence-corrected chi connectivity index (χ4v) is 2.26. The van der Waals surface area contributed by atoms with E-state index in [1.54, 1.807) is 0 Å². The van der Waals surface area contributed by atoms with Gasteiger partial charge in [-0.25, -0.2) is 0 Å². The third-order valence-electron chi connectivity index (χ3n) is 4.50. The number of hydrogen-bond acceptors (Lipinski definition) is 2. The molecular formula is C14H32N2O2+2. The molecule has 0 spiro atoms. The third kappa shape index (κ3) is 5.22. The van der Waals surface area contributed by atoms with Gasteiger partial charge < -0.3 is 18.4 Å². The molecule has 0 aromatic heterocycles. The molecule has 0 aromatic rings. The molecule has 18 heavy (non-hydrogen) atoms. The van der Waals surface area contributed by atoms with Crippen LogP contribution in [0.25, 0.3) is 0 Å². The minimum atomic E-state index is 0.876. The van der Waals surface area contributed by atoms with Crippen molar-refractivity contribution in [2.24, 2.45) is 0 Å². The van der Waals surface area contributed by atoms with Gasteiger partial charge in [0.15, 0.2) is 0 Å². The van der Waals surface area contributed by atoms with Gasteiger partial charge in [-0.1, -0.05) is 0 Å². The highest BCUT2D eigenvalue weighted by molar-refractivity contribution is 4.49. The quantitative estimate of drug-likeness (QED) is 0.478. The van der Waals surface area contributed by atoms with Gasteiger partial charge >= 0.3 is 0 Å². The summed E-state index contributed by atoms with van der Waals surface area (Å²) in [5, 5.41) is 0. The molecule has 4 nitrogen and oxygen atoms in total. The summed E-state index contributed by atoms with van der Waals surface area (Å²) in [6, 6.07) is 0. The van der Waals surface area contributed by atoms with Crippen molar-refractivity contribution in [2.75, 3.05) is 79.8 Å². The Bertz CT molecular complexity index is 226. The number of morpholine rings is 1. The zero-order chi connectivity index (χ0) is 13.5. The maximum atomic E-state index is 5.83. The first kappa shape index (κ1) is 15.9. The maximum absolute atomic E-state index is 5.83. The molecule has 4 heteroatoms. The van der Waals surface area contributed by atoms with E-state index >= 15 is 0 Å². The third-order valence-corrected chi connectivity index (χ3v) is 4.50. The second kappa shape index (κ2) is 7.43. The van der Waals surface area contributed by atoms with Crippen LogP contribution in [0, 0.1) is 0 Å². The smallest absolute Gasteiger partial charge is 0.103 e. The lowest BCUT2D eigenvalue weighted by molar-refractivity contribution is -0.934. The van der Waals surface area contributed by atoms with Crippen LogP contribution in [0.3, 0.4) is 0 Å². The van der Waals surface area contributed by atoms with Gasteiger partial charge in [0.25, 0.3) is 0 Å². The predicted molar refractivity (Wildman–Crippen MR) is 74.6 cm³/mol. The highest BCUT2D eigenvalue weighted by Crippen LogP contribution is 2.10. The largest absolute Gasteiger partial charge is 0.370 e. The molecule has 1 fully saturated rings. The Morgan fingerprint density at radius 1 is 1.11 bits per heavy atom. The van der Waals surface area contributed by atoms with E-state index in [2.05, 4.69) is 27.9 Å². The van der Waals surface area contributed by atoms with Gasteiger partial charge in [-0.2, -0.15) is 0 Å². The average molecular weight is 260 g/mol. The van der Waals surface area contributed by atoms with Crippen LogP contribution in [-0.4, -0.2) is 88.8 Å². The van der Waals surface area contributed by atoms with Crippen molar-refractivity contribution >= 4 is 0 Å². The second-order valence-electron chi connectivity index (χ2n) is 6.03. The Morgan fingerprint density at radius 2 is 1.78 bits per heavy atom. The van der Waals surface area contributed by atoms with Gasteiger partial charge in [0, 0.05) is 0 Å². The van der Waals surface area contributed by atoms with Crippen LogP contribution in [0.1, 0.15) is 13.8 Å². The van der Waals surface area contributed by atoms with Gasteiger partial charge in [0.05, 0.1) is 53.6 Å². The number of ether oxygens (including phenoxy) is 2. The molecule has 0 atom stereocenters. The first-order chi connectivity index (χ1) is 8.54. The number of rotatable bonds is 8. The van der Waals surface area contributed by atoms with Crippen molar-refractivity contribution in [2.45, 2.75) is 13.8 Å². The summed E-state index contributed by atoms with van der Waals surface area (Å²) in [6.45, 7) is 15.0. The lowest BCUT2D eigenvalue weighted by Crippen LogP contribution is -2.56. The van der Waals surface area contributed by atoms with E-state index in [0.29, 0.717) is 0 Å². The van der Waals surface area contributed by atoms with E-state index < -0.39 is 0 Å². The van der Waals surface area contributed by atoms with E-state index in [1.165, 1.54) is 11.0 Å². The van der Waals surface area contributed by atoms with Crippen LogP contribution in [0.15, 0.2) is 0 Å². The van der Waals surface area contributed by atoms with Gasteiger partial charge in [-0.3, -0.25) is 0 Å². The molecule has 1 aliphatic heterocycles. The second-order valence-corrected chi connectivity index (χ2v) is 6.03. The van der Waals surface area contributed by atoms with Crippen molar-refractivity contribution < 1.29 is 18.4 Å². The molecule has 0 bridgehead atoms. The minimum Gasteiger partial charge on any atom is -0.370 e. The molecular weight excluding hydrogens is 228 g/mol. The Labute approximate surface area is 113 Å². The van der Waals surface area contributed by atoms with E-state index in [0.717, 1.165) is 63.6 Å². The van der Waals surface area contributed by atoms with Gasteiger partial charge in [-0.05, 0) is 13.8 Å². The number of hydrogen-bond donors (Lipinski definition) is 0. The molecule has 0 N–H and O–H groups in total. The number of nitrogens with zero attached hydrogens (tertiary/aromatic N) is 2. The van der Waals surface area contributed by atoms with Gasteiger partial charge in [0.1, 0.15) is 26.2 Å². The van der Waals surface area contributed by atoms with Gasteiger partial charge in [-0.15, -0.1) is 0 Å². The van der Waals surface area contributed by atoms with Crippen molar-refractivity contribution in [3.63, 3.8) is 0 Å². The fourth-order valence-electron chi connectivity index (χ4n) is 2.26. The van der Waals surface area contributed by atoms with Crippen molar-refractivity contribution in [3.8, 4) is 0 Å². The zero-order valence-corrected chi connectivity index (χ0v) is 12.8. The van der Waals surface area contributed by atoms with Crippen LogP contribution in [0.4, 0.5) is 0 Å². The highest BCUT2D eigenvalue weighted by Gasteiger charge is 2.28. The SMILES string of the molecule is CC[N+](C)(C)CCOCC[N+]1(CC)CCOCC1. The molecule has 1 heterocycles. The normalized spacial score (nSPS) is 20.0. The molecule has 108 valence electrons. The van der Waals surface area contributed by atoms with E-state index in [1.807, 2.05) is 0 Å². The first-order valence-electron chi connectivity index (χ1n) is 7.36. The van der Waals surface area contributed by atoms with Crippen LogP contribution >= 0.6 is 0 Å². The Hall–Kier alpha value is -0.160. The van der Waals surface area contributed by atoms with Crippen molar-refractivity contribution in [1.29, 1.82) is 0 Å². The van der Waals surface area contributed by atoms with Gasteiger partial charge in [0.2, 0.25) is 0 Å². The standard InChI is InChI=1S/C14H32N2O2/c1-5-15(3,4)7-11-17-12-8-16(6-2)9-13-18-14-10-16/h5-14H2,1-4H3/q+2. The Kier molecular flexibility index (Phi) is 6.57. The molecule has 0 radical (unpaired) electrons. The first-order valence-corrected chi connectivity index (χ1v) is 7.36. The van der Waals surface area contributed by atoms with E-state index in [-0.39, 0.29) is 0 Å². The van der Waals surface area contributed by atoms with Crippen molar-refractivity contribution in [3.05, 3.63) is 0 Å². The number of quaternary nitrogens is 2. The summed E-state index contributed by atoms with van der Waals surface area (Å²) in [4.78, 5) is 0. The molecule has 1 saturated heterocycles. The monoisotopic (exact) mass is 260 g/mol. The molecule has 0 amide bonds. The van der Waals surface area contributed by atoms with Crippen molar-refractivity contribution in [1.82, 2.24) is 0 Å². The summed E-state index contributed by atoms with van der Waals surface area (Å²) in [5.41, 5.74) is 0. The maximum Gasteiger partial charge on any atom is 0.103 e. The Morgan fingerprint density at radius 3 is 2.33 bits per heavy atom. The predicted octanol–water partition coefficient (Wildman–Crippen LogP) is 0.966. The summed E-state index contributed by atoms with van der Waals surface area (Å²) < 4.78 is 13.5. The highest BCUT2D eigenvalue weighted by atomic mass is 16.5. The van der Waals surface area contributed by atoms with Crippen LogP contribution < -0.4 is 0 Å². The molecule has 1 rings (SSSR count). The fraction of sp³-hybridized carbons (Fsp3) is 1.00. The summed E-state index contributed by atoms with van der Waals surface area (Å²) in [7, 11) is 4.51. The molecule has 1 aliphatic rings. The summed E-state index contributed by atoms with van der Waals surface area (Å²) in [6.07, 6.45) is 0. The number of likely N-dealkylation sites (N-methyl/N-ethyl adjacent to an activating group) is 2. The van der Waals surface area contributed by atoms with E-state index in [4.69, 9.17) is 9.47 Å². The lowest BCUT2D eigenvalue weighted by Gasteiger charge is -2.40. The minimum absolute atomic E-state index is 0.876. The van der Waals surface area contributed by atoms with E-state index in [9.17, 15) is 0 Å². The molecule has 0 saturated carbocycles. The molecule has 0 aliphatic carbocycles. The molecule has 0 unspecified atom stereocenters. The topological polar surface area (TPSA) is 18.5 Å². The summed E-state index contributed by atoms with van der Waals surface area (Å²) >= 11 is 0. The summed E-state index contributed by atoms with van der Waals surface area (Å²) in [5.74, 6) is 0. The Balaban J connectivity index is 2.16. The molecule has 0 aromatic carbocycles. The zero-order valence-electron chi connectivity index (χ0n) is 12.8. The van der Waals surface area contributed by atoms with Crippen LogP contribution in [-0.2, 0) is 9.47 Å². The van der Waals surface area contributed by atoms with Crippen LogP contribution in [0.5, 0.6) is 0 Å². The lowest BCUT2D eigenvalue weighted by atomic mass is 10.3. The average Bonchev–Trinajstić information content (AvgIpc) is 2.39.